The van der Waals surface area contributed by atoms with Crippen molar-refractivity contribution in [1.29, 1.82) is 0 Å². The molecule has 2 unspecified atom stereocenters. The molecule has 3 nitrogen and oxygen atoms in total. The number of aromatic nitrogens is 1. The zero-order chi connectivity index (χ0) is 14.3. The van der Waals surface area contributed by atoms with Crippen LogP contribution < -0.4 is 5.32 Å². The predicted octanol–water partition coefficient (Wildman–Crippen LogP) is 2.93. The molecule has 0 radical (unpaired) electrons. The molecule has 6 heteroatoms. The third kappa shape index (κ3) is 2.49. The summed E-state index contributed by atoms with van der Waals surface area (Å²) >= 11 is 0. The standard InChI is InChI=1S/C14H18F3N3/c1-20-9-3-2-4-10(20)6-8(5-9)18-14-12(16)7-11(15)13(17)19-14/h7-10H,2-6H2,1H3,(H,18,19). The minimum Gasteiger partial charge on any atom is -0.365 e. The normalized spacial score (nSPS) is 30.3. The number of rotatable bonds is 2. The van der Waals surface area contributed by atoms with Crippen molar-refractivity contribution >= 4 is 5.82 Å². The lowest BCUT2D eigenvalue weighted by atomic mass is 9.82. The molecular weight excluding hydrogens is 267 g/mol. The number of fused-ring (bicyclic) bond motifs is 2. The van der Waals surface area contributed by atoms with Crippen LogP contribution in [0.2, 0.25) is 0 Å². The van der Waals surface area contributed by atoms with E-state index < -0.39 is 17.6 Å². The van der Waals surface area contributed by atoms with Gasteiger partial charge in [-0.25, -0.2) is 8.78 Å². The van der Waals surface area contributed by atoms with Gasteiger partial charge in [-0.1, -0.05) is 6.42 Å². The summed E-state index contributed by atoms with van der Waals surface area (Å²) in [4.78, 5) is 5.72. The van der Waals surface area contributed by atoms with E-state index in [0.717, 1.165) is 25.7 Å². The lowest BCUT2D eigenvalue weighted by molar-refractivity contribution is 0.0607. The van der Waals surface area contributed by atoms with E-state index in [2.05, 4.69) is 22.2 Å². The van der Waals surface area contributed by atoms with Crippen LogP contribution in [0, 0.1) is 17.6 Å². The monoisotopic (exact) mass is 285 g/mol. The van der Waals surface area contributed by atoms with Gasteiger partial charge < -0.3 is 10.2 Å². The van der Waals surface area contributed by atoms with Crippen LogP contribution in [0.4, 0.5) is 19.0 Å². The van der Waals surface area contributed by atoms with E-state index in [1.165, 1.54) is 6.42 Å². The fourth-order valence-electron chi connectivity index (χ4n) is 3.47. The van der Waals surface area contributed by atoms with Crippen molar-refractivity contribution < 1.29 is 13.2 Å². The average molecular weight is 285 g/mol. The molecule has 20 heavy (non-hydrogen) atoms. The van der Waals surface area contributed by atoms with Crippen molar-refractivity contribution in [3.05, 3.63) is 23.6 Å². The van der Waals surface area contributed by atoms with Crippen LogP contribution in [0.3, 0.4) is 0 Å². The van der Waals surface area contributed by atoms with Crippen molar-refractivity contribution in [3.63, 3.8) is 0 Å². The summed E-state index contributed by atoms with van der Waals surface area (Å²) < 4.78 is 39.6. The minimum atomic E-state index is -1.26. The van der Waals surface area contributed by atoms with Gasteiger partial charge in [0.2, 0.25) is 0 Å². The molecule has 0 aliphatic carbocycles. The molecule has 2 fully saturated rings. The topological polar surface area (TPSA) is 28.2 Å². The van der Waals surface area contributed by atoms with Crippen molar-refractivity contribution in [2.75, 3.05) is 12.4 Å². The van der Waals surface area contributed by atoms with Crippen LogP contribution in [0.1, 0.15) is 32.1 Å². The predicted molar refractivity (Wildman–Crippen MR) is 69.9 cm³/mol. The molecule has 3 rings (SSSR count). The van der Waals surface area contributed by atoms with Gasteiger partial charge in [0.15, 0.2) is 17.5 Å². The Kier molecular flexibility index (Phi) is 3.58. The summed E-state index contributed by atoms with van der Waals surface area (Å²) in [6.07, 6.45) is 5.27. The van der Waals surface area contributed by atoms with Crippen LogP contribution in [0.25, 0.3) is 0 Å². The zero-order valence-corrected chi connectivity index (χ0v) is 11.4. The Labute approximate surface area is 116 Å². The van der Waals surface area contributed by atoms with Crippen molar-refractivity contribution in [2.45, 2.75) is 50.2 Å². The number of piperidine rings is 2. The lowest BCUT2D eigenvalue weighted by Crippen LogP contribution is -2.52. The Bertz CT molecular complexity index is 495. The first kappa shape index (κ1) is 13.7. The first-order valence-electron chi connectivity index (χ1n) is 7.04. The maximum Gasteiger partial charge on any atom is 0.251 e. The first-order valence-corrected chi connectivity index (χ1v) is 7.04. The van der Waals surface area contributed by atoms with E-state index in [9.17, 15) is 13.2 Å². The lowest BCUT2D eigenvalue weighted by Gasteiger charge is -2.47. The molecular formula is C14H18F3N3. The second kappa shape index (κ2) is 5.24. The molecule has 0 amide bonds. The summed E-state index contributed by atoms with van der Waals surface area (Å²) in [5.74, 6) is -3.54. The summed E-state index contributed by atoms with van der Waals surface area (Å²) in [5.41, 5.74) is 0. The fraction of sp³-hybridized carbons (Fsp3) is 0.643. The molecule has 2 saturated heterocycles. The Hall–Kier alpha value is -1.30. The fourth-order valence-corrected chi connectivity index (χ4v) is 3.47. The van der Waals surface area contributed by atoms with Gasteiger partial charge in [-0.3, -0.25) is 0 Å². The van der Waals surface area contributed by atoms with E-state index in [4.69, 9.17) is 0 Å². The molecule has 0 aromatic carbocycles. The average Bonchev–Trinajstić information content (AvgIpc) is 2.37. The molecule has 0 saturated carbocycles. The van der Waals surface area contributed by atoms with Crippen molar-refractivity contribution in [3.8, 4) is 0 Å². The maximum absolute atomic E-state index is 13.6. The van der Waals surface area contributed by atoms with E-state index in [-0.39, 0.29) is 11.9 Å². The molecule has 2 aliphatic rings. The van der Waals surface area contributed by atoms with E-state index in [0.29, 0.717) is 18.2 Å². The second-order valence-electron chi connectivity index (χ2n) is 5.81. The number of pyridine rings is 1. The Morgan fingerprint density at radius 2 is 1.80 bits per heavy atom. The minimum absolute atomic E-state index is 0.0633. The molecule has 0 spiro atoms. The first-order chi connectivity index (χ1) is 9.54. The van der Waals surface area contributed by atoms with Crippen LogP contribution in [0.15, 0.2) is 6.07 Å². The largest absolute Gasteiger partial charge is 0.365 e. The number of nitrogens with zero attached hydrogens (tertiary/aromatic N) is 2. The molecule has 2 atom stereocenters. The summed E-state index contributed by atoms with van der Waals surface area (Å²) in [5, 5.41) is 2.95. The van der Waals surface area contributed by atoms with E-state index >= 15 is 0 Å². The molecule has 3 heterocycles. The van der Waals surface area contributed by atoms with Crippen LogP contribution >= 0.6 is 0 Å². The van der Waals surface area contributed by atoms with Crippen LogP contribution in [-0.4, -0.2) is 35.1 Å². The van der Waals surface area contributed by atoms with Crippen molar-refractivity contribution in [1.82, 2.24) is 9.88 Å². The van der Waals surface area contributed by atoms with Gasteiger partial charge >= 0.3 is 0 Å². The molecule has 1 N–H and O–H groups in total. The van der Waals surface area contributed by atoms with Crippen LogP contribution in [-0.2, 0) is 0 Å². The van der Waals surface area contributed by atoms with Gasteiger partial charge in [0.1, 0.15) is 0 Å². The Morgan fingerprint density at radius 1 is 1.15 bits per heavy atom. The van der Waals surface area contributed by atoms with Crippen molar-refractivity contribution in [2.24, 2.45) is 0 Å². The van der Waals surface area contributed by atoms with Gasteiger partial charge in [-0.15, -0.1) is 0 Å². The van der Waals surface area contributed by atoms with E-state index in [1.807, 2.05) is 0 Å². The van der Waals surface area contributed by atoms with Gasteiger partial charge in [0, 0.05) is 24.2 Å². The highest BCUT2D eigenvalue weighted by molar-refractivity contribution is 5.37. The molecule has 1 aromatic rings. The quantitative estimate of drug-likeness (QED) is 0.847. The van der Waals surface area contributed by atoms with Gasteiger partial charge in [0.25, 0.3) is 5.95 Å². The zero-order valence-electron chi connectivity index (χ0n) is 11.4. The molecule has 1 aromatic heterocycles. The highest BCUT2D eigenvalue weighted by Gasteiger charge is 2.36. The van der Waals surface area contributed by atoms with Gasteiger partial charge in [0.05, 0.1) is 0 Å². The second-order valence-corrected chi connectivity index (χ2v) is 5.81. The van der Waals surface area contributed by atoms with Gasteiger partial charge in [-0.2, -0.15) is 9.37 Å². The maximum atomic E-state index is 13.6. The number of hydrogen-bond donors (Lipinski definition) is 1. The summed E-state index contributed by atoms with van der Waals surface area (Å²) in [7, 11) is 2.13. The number of anilines is 1. The molecule has 2 aliphatic heterocycles. The summed E-state index contributed by atoms with van der Waals surface area (Å²) in [6.45, 7) is 0. The van der Waals surface area contributed by atoms with E-state index in [1.54, 1.807) is 0 Å². The Morgan fingerprint density at radius 3 is 2.45 bits per heavy atom. The Balaban J connectivity index is 1.74. The SMILES string of the molecule is CN1C2CCCC1CC(Nc1nc(F)c(F)cc1F)C2. The van der Waals surface area contributed by atoms with Crippen LogP contribution in [0.5, 0.6) is 0 Å². The third-order valence-corrected chi connectivity index (χ3v) is 4.57. The smallest absolute Gasteiger partial charge is 0.251 e. The third-order valence-electron chi connectivity index (χ3n) is 4.57. The number of nitrogens with one attached hydrogen (secondary N) is 1. The molecule has 110 valence electrons. The number of halogens is 3. The molecule has 2 bridgehead atoms. The highest BCUT2D eigenvalue weighted by atomic mass is 19.2. The summed E-state index contributed by atoms with van der Waals surface area (Å²) in [6, 6.07) is 1.57. The highest BCUT2D eigenvalue weighted by Crippen LogP contribution is 2.34. The van der Waals surface area contributed by atoms with Gasteiger partial charge in [-0.05, 0) is 32.7 Å². The number of hydrogen-bond acceptors (Lipinski definition) is 3.